The summed E-state index contributed by atoms with van der Waals surface area (Å²) in [5, 5.41) is 5.55. The Kier molecular flexibility index (Phi) is 11.5. The maximum Gasteiger partial charge on any atom is 0.315 e. The number of nitrogens with one attached hydrogen (secondary N) is 2. The summed E-state index contributed by atoms with van der Waals surface area (Å²) in [6, 6.07) is 14.9. The van der Waals surface area contributed by atoms with Crippen molar-refractivity contribution in [2.24, 2.45) is 27.9 Å². The lowest BCUT2D eigenvalue weighted by atomic mass is 9.92. The van der Waals surface area contributed by atoms with Gasteiger partial charge in [0.25, 0.3) is 0 Å². The van der Waals surface area contributed by atoms with Gasteiger partial charge >= 0.3 is 6.03 Å². The van der Waals surface area contributed by atoms with Gasteiger partial charge < -0.3 is 43.4 Å². The average Bonchev–Trinajstić information content (AvgIpc) is 3.11. The van der Waals surface area contributed by atoms with Gasteiger partial charge in [0.15, 0.2) is 5.96 Å². The molecule has 4 atom stereocenters. The highest BCUT2D eigenvalue weighted by atomic mass is 19.1. The van der Waals surface area contributed by atoms with E-state index in [-0.39, 0.29) is 57.7 Å². The van der Waals surface area contributed by atoms with Crippen LogP contribution in [-0.2, 0) is 51.5 Å². The van der Waals surface area contributed by atoms with E-state index < -0.39 is 59.6 Å². The second-order valence-electron chi connectivity index (χ2n) is 12.7. The number of rotatable bonds is 12. The van der Waals surface area contributed by atoms with Gasteiger partial charge in [-0.2, -0.15) is 0 Å². The molecule has 2 aliphatic heterocycles. The van der Waals surface area contributed by atoms with Gasteiger partial charge in [0.05, 0.1) is 0 Å². The number of hydrogen-bond donors (Lipinski definition) is 6. The van der Waals surface area contributed by atoms with E-state index in [0.29, 0.717) is 5.56 Å². The SMILES string of the molecule is NC(=O)[C@@H]1Cc2ccccc2CN1C(=O)[C@H](CCCN=C(N)N)NC(=O)[C@@H](Cc1ccc(F)cc1)NC(=O)[C@@H]1Cc2ccccc2CN1C(N)=O. The van der Waals surface area contributed by atoms with E-state index >= 15 is 0 Å². The molecule has 5 rings (SSSR count). The lowest BCUT2D eigenvalue weighted by Gasteiger charge is -2.38. The number of carbonyl (C=O) groups excluding carboxylic acids is 5. The average molecular weight is 700 g/mol. The Morgan fingerprint density at radius 1 is 0.745 bits per heavy atom. The fraction of sp³-hybridized carbons (Fsp3) is 0.333. The van der Waals surface area contributed by atoms with Gasteiger partial charge in [0.2, 0.25) is 23.6 Å². The van der Waals surface area contributed by atoms with E-state index in [1.165, 1.54) is 34.1 Å². The zero-order chi connectivity index (χ0) is 36.7. The Labute approximate surface area is 294 Å². The first kappa shape index (κ1) is 36.3. The van der Waals surface area contributed by atoms with Crippen LogP contribution >= 0.6 is 0 Å². The van der Waals surface area contributed by atoms with Gasteiger partial charge in [0, 0.05) is 38.9 Å². The topological polar surface area (TPSA) is 232 Å². The van der Waals surface area contributed by atoms with Crippen molar-refractivity contribution in [1.82, 2.24) is 20.4 Å². The van der Waals surface area contributed by atoms with Crippen molar-refractivity contribution in [2.45, 2.75) is 69.4 Å². The highest BCUT2D eigenvalue weighted by Crippen LogP contribution is 2.26. The molecule has 0 aliphatic carbocycles. The Bertz CT molecular complexity index is 1810. The van der Waals surface area contributed by atoms with Crippen LogP contribution in [-0.4, -0.2) is 76.1 Å². The molecule has 0 fully saturated rings. The highest BCUT2D eigenvalue weighted by molar-refractivity contribution is 5.96. The predicted octanol–water partition coefficient (Wildman–Crippen LogP) is 0.336. The van der Waals surface area contributed by atoms with Crippen molar-refractivity contribution >= 4 is 35.6 Å². The zero-order valence-electron chi connectivity index (χ0n) is 28.0. The lowest BCUT2D eigenvalue weighted by molar-refractivity contribution is -0.144. The standard InChI is InChI=1S/C36H42FN9O5/c37-26-13-11-21(12-14-26)16-28(44-33(49)30-18-23-7-2-4-9-25(23)20-46(30)36(41)51)32(48)43-27(10-5-15-42-35(39)40)34(50)45-19-24-8-3-1-6-22(24)17-29(45)31(38)47/h1-4,6-9,11-14,27-30H,5,10,15-20H2,(H2,38,47)(H2,41,51)(H,43,48)(H,44,49)(H4,39,40,42)/t27-,28+,29-,30-/m0/s1. The van der Waals surface area contributed by atoms with Crippen molar-refractivity contribution < 1.29 is 28.4 Å². The van der Waals surface area contributed by atoms with Crippen LogP contribution in [0.2, 0.25) is 0 Å². The second-order valence-corrected chi connectivity index (χ2v) is 12.7. The molecule has 10 N–H and O–H groups in total. The molecule has 0 spiro atoms. The summed E-state index contributed by atoms with van der Waals surface area (Å²) in [4.78, 5) is 73.9. The minimum atomic E-state index is -1.27. The summed E-state index contributed by atoms with van der Waals surface area (Å²) in [6.07, 6.45) is 0.651. The molecule has 2 aliphatic rings. The van der Waals surface area contributed by atoms with Crippen LogP contribution in [0.15, 0.2) is 77.8 Å². The third-order valence-corrected chi connectivity index (χ3v) is 9.24. The molecule has 3 aromatic rings. The Morgan fingerprint density at radius 3 is 1.88 bits per heavy atom. The fourth-order valence-electron chi connectivity index (χ4n) is 6.56. The summed E-state index contributed by atoms with van der Waals surface area (Å²) >= 11 is 0. The molecule has 268 valence electrons. The first-order valence-electron chi connectivity index (χ1n) is 16.6. The molecule has 3 aromatic carbocycles. The summed E-state index contributed by atoms with van der Waals surface area (Å²) in [6.45, 7) is 0.349. The van der Waals surface area contributed by atoms with Crippen molar-refractivity contribution in [1.29, 1.82) is 0 Å². The molecule has 0 saturated carbocycles. The molecule has 15 heteroatoms. The first-order valence-corrected chi connectivity index (χ1v) is 16.6. The quantitative estimate of drug-likeness (QED) is 0.0881. The van der Waals surface area contributed by atoms with Gasteiger partial charge in [-0.05, 0) is 52.8 Å². The normalized spacial score (nSPS) is 17.6. The van der Waals surface area contributed by atoms with Crippen LogP contribution < -0.4 is 33.6 Å². The molecular weight excluding hydrogens is 657 g/mol. The number of halogens is 1. The fourth-order valence-corrected chi connectivity index (χ4v) is 6.56. The monoisotopic (exact) mass is 699 g/mol. The maximum absolute atomic E-state index is 14.2. The molecular formula is C36H42FN9O5. The molecule has 0 saturated heterocycles. The molecule has 14 nitrogen and oxygen atoms in total. The van der Waals surface area contributed by atoms with Crippen molar-refractivity contribution in [2.75, 3.05) is 6.54 Å². The van der Waals surface area contributed by atoms with Gasteiger partial charge in [-0.15, -0.1) is 0 Å². The summed E-state index contributed by atoms with van der Waals surface area (Å²) in [7, 11) is 0. The third-order valence-electron chi connectivity index (χ3n) is 9.24. The van der Waals surface area contributed by atoms with Crippen molar-refractivity contribution in [3.63, 3.8) is 0 Å². The molecule has 0 aromatic heterocycles. The van der Waals surface area contributed by atoms with E-state index in [9.17, 15) is 28.4 Å². The number of carbonyl (C=O) groups is 5. The van der Waals surface area contributed by atoms with Crippen molar-refractivity contribution in [3.05, 3.63) is 106 Å². The molecule has 0 unspecified atom stereocenters. The number of nitrogens with two attached hydrogens (primary N) is 4. The number of fused-ring (bicyclic) bond motifs is 2. The van der Waals surface area contributed by atoms with Gasteiger partial charge in [0.1, 0.15) is 30.0 Å². The van der Waals surface area contributed by atoms with E-state index in [2.05, 4.69) is 15.6 Å². The zero-order valence-corrected chi connectivity index (χ0v) is 28.0. The Balaban J connectivity index is 1.42. The number of hydrogen-bond acceptors (Lipinski definition) is 6. The second kappa shape index (κ2) is 16.1. The third kappa shape index (κ3) is 8.98. The Hall–Kier alpha value is -5.99. The number of guanidine groups is 1. The number of amides is 6. The van der Waals surface area contributed by atoms with E-state index in [1.54, 1.807) is 0 Å². The number of nitrogens with zero attached hydrogens (tertiary/aromatic N) is 3. The molecule has 6 amide bonds. The minimum absolute atomic E-state index is 0.0758. The summed E-state index contributed by atoms with van der Waals surface area (Å²) < 4.78 is 13.8. The number of urea groups is 1. The lowest BCUT2D eigenvalue weighted by Crippen LogP contribution is -2.61. The van der Waals surface area contributed by atoms with Crippen LogP contribution in [0.1, 0.15) is 40.7 Å². The molecule has 2 heterocycles. The van der Waals surface area contributed by atoms with Crippen LogP contribution in [0.25, 0.3) is 0 Å². The minimum Gasteiger partial charge on any atom is -0.370 e. The number of benzene rings is 3. The predicted molar refractivity (Wildman–Crippen MR) is 187 cm³/mol. The Morgan fingerprint density at radius 2 is 1.31 bits per heavy atom. The van der Waals surface area contributed by atoms with Gasteiger partial charge in [-0.3, -0.25) is 24.2 Å². The summed E-state index contributed by atoms with van der Waals surface area (Å²) in [5.41, 5.74) is 26.4. The molecule has 0 radical (unpaired) electrons. The van der Waals surface area contributed by atoms with Crippen LogP contribution in [0.3, 0.4) is 0 Å². The van der Waals surface area contributed by atoms with Crippen LogP contribution in [0.4, 0.5) is 9.18 Å². The van der Waals surface area contributed by atoms with E-state index in [0.717, 1.165) is 22.3 Å². The first-order chi connectivity index (χ1) is 24.4. The smallest absolute Gasteiger partial charge is 0.315 e. The number of aliphatic imine (C=N–C) groups is 1. The highest BCUT2D eigenvalue weighted by Gasteiger charge is 2.39. The molecule has 51 heavy (non-hydrogen) atoms. The van der Waals surface area contributed by atoms with Crippen molar-refractivity contribution in [3.8, 4) is 0 Å². The largest absolute Gasteiger partial charge is 0.370 e. The number of primary amides is 2. The molecule has 0 bridgehead atoms. The summed E-state index contributed by atoms with van der Waals surface area (Å²) in [5.74, 6) is -3.23. The van der Waals surface area contributed by atoms with E-state index in [1.807, 2.05) is 48.5 Å². The van der Waals surface area contributed by atoms with Gasteiger partial charge in [-0.25, -0.2) is 9.18 Å². The van der Waals surface area contributed by atoms with Crippen LogP contribution in [0.5, 0.6) is 0 Å². The van der Waals surface area contributed by atoms with E-state index in [4.69, 9.17) is 22.9 Å². The maximum atomic E-state index is 14.2. The van der Waals surface area contributed by atoms with Crippen LogP contribution in [0, 0.1) is 5.82 Å². The van der Waals surface area contributed by atoms with Gasteiger partial charge in [-0.1, -0.05) is 60.7 Å².